The van der Waals surface area contributed by atoms with Gasteiger partial charge in [-0.25, -0.2) is 4.79 Å². The normalized spacial score (nSPS) is 11.5. The third kappa shape index (κ3) is 2.79. The van der Waals surface area contributed by atoms with Gasteiger partial charge in [0.1, 0.15) is 0 Å². The standard InChI is InChI=1S/C15H14F3NO2/c1-8-12(13(9(2)19-8)14(20)21-3)10-4-6-11(7-5-10)15(16,17)18/h4-7,19H,1-3H3. The molecule has 2 aromatic rings. The first-order chi connectivity index (χ1) is 9.75. The van der Waals surface area contributed by atoms with Gasteiger partial charge in [0.2, 0.25) is 0 Å². The zero-order valence-electron chi connectivity index (χ0n) is 11.8. The molecule has 2 rings (SSSR count). The number of hydrogen-bond donors (Lipinski definition) is 1. The summed E-state index contributed by atoms with van der Waals surface area (Å²) in [4.78, 5) is 14.9. The highest BCUT2D eigenvalue weighted by molar-refractivity contribution is 5.99. The number of H-pyrrole nitrogens is 1. The van der Waals surface area contributed by atoms with E-state index in [1.165, 1.54) is 19.2 Å². The lowest BCUT2D eigenvalue weighted by Crippen LogP contribution is -2.05. The molecule has 0 saturated heterocycles. The number of aryl methyl sites for hydroxylation is 2. The molecule has 0 amide bonds. The van der Waals surface area contributed by atoms with Crippen LogP contribution >= 0.6 is 0 Å². The maximum atomic E-state index is 12.6. The van der Waals surface area contributed by atoms with Gasteiger partial charge in [0.25, 0.3) is 0 Å². The minimum atomic E-state index is -4.38. The molecular formula is C15H14F3NO2. The van der Waals surface area contributed by atoms with Crippen molar-refractivity contribution < 1.29 is 22.7 Å². The van der Waals surface area contributed by atoms with E-state index >= 15 is 0 Å². The van der Waals surface area contributed by atoms with Gasteiger partial charge in [-0.15, -0.1) is 0 Å². The van der Waals surface area contributed by atoms with Gasteiger partial charge >= 0.3 is 12.1 Å². The second-order valence-corrected chi connectivity index (χ2v) is 4.69. The van der Waals surface area contributed by atoms with Crippen LogP contribution in [0.3, 0.4) is 0 Å². The largest absolute Gasteiger partial charge is 0.465 e. The summed E-state index contributed by atoms with van der Waals surface area (Å²) in [7, 11) is 1.26. The summed E-state index contributed by atoms with van der Waals surface area (Å²) >= 11 is 0. The van der Waals surface area contributed by atoms with Crippen LogP contribution in [0.1, 0.15) is 27.3 Å². The van der Waals surface area contributed by atoms with E-state index in [1.54, 1.807) is 13.8 Å². The molecule has 0 spiro atoms. The molecule has 21 heavy (non-hydrogen) atoms. The van der Waals surface area contributed by atoms with E-state index < -0.39 is 17.7 Å². The Labute approximate surface area is 119 Å². The van der Waals surface area contributed by atoms with Crippen molar-refractivity contribution in [2.45, 2.75) is 20.0 Å². The quantitative estimate of drug-likeness (QED) is 0.848. The minimum Gasteiger partial charge on any atom is -0.465 e. The van der Waals surface area contributed by atoms with Crippen molar-refractivity contribution in [1.29, 1.82) is 0 Å². The molecule has 0 radical (unpaired) electrons. The fourth-order valence-electron chi connectivity index (χ4n) is 2.33. The van der Waals surface area contributed by atoms with E-state index in [0.29, 0.717) is 28.1 Å². The Bertz CT molecular complexity index is 669. The lowest BCUT2D eigenvalue weighted by atomic mass is 9.99. The lowest BCUT2D eigenvalue weighted by molar-refractivity contribution is -0.137. The Morgan fingerprint density at radius 2 is 1.67 bits per heavy atom. The van der Waals surface area contributed by atoms with E-state index in [1.807, 2.05) is 0 Å². The molecule has 3 nitrogen and oxygen atoms in total. The summed E-state index contributed by atoms with van der Waals surface area (Å²) in [6.45, 7) is 3.47. The molecule has 0 aliphatic rings. The average Bonchev–Trinajstić information content (AvgIpc) is 2.71. The number of aromatic nitrogens is 1. The van der Waals surface area contributed by atoms with Gasteiger partial charge in [-0.3, -0.25) is 0 Å². The first-order valence-electron chi connectivity index (χ1n) is 6.20. The van der Waals surface area contributed by atoms with Crippen molar-refractivity contribution in [3.63, 3.8) is 0 Å². The summed E-state index contributed by atoms with van der Waals surface area (Å²) in [5, 5.41) is 0. The molecule has 1 heterocycles. The number of rotatable bonds is 2. The van der Waals surface area contributed by atoms with Crippen molar-refractivity contribution >= 4 is 5.97 Å². The summed E-state index contributed by atoms with van der Waals surface area (Å²) in [6.07, 6.45) is -4.38. The van der Waals surface area contributed by atoms with Gasteiger partial charge in [0, 0.05) is 17.0 Å². The fourth-order valence-corrected chi connectivity index (χ4v) is 2.33. The average molecular weight is 297 g/mol. The van der Waals surface area contributed by atoms with Crippen LogP contribution in [0.15, 0.2) is 24.3 Å². The van der Waals surface area contributed by atoms with Crippen LogP contribution in [0.4, 0.5) is 13.2 Å². The topological polar surface area (TPSA) is 42.1 Å². The Balaban J connectivity index is 2.55. The maximum absolute atomic E-state index is 12.6. The van der Waals surface area contributed by atoms with Gasteiger partial charge in [0.15, 0.2) is 0 Å². The van der Waals surface area contributed by atoms with E-state index in [9.17, 15) is 18.0 Å². The van der Waals surface area contributed by atoms with Gasteiger partial charge in [-0.2, -0.15) is 13.2 Å². The maximum Gasteiger partial charge on any atom is 0.416 e. The summed E-state index contributed by atoms with van der Waals surface area (Å²) in [6, 6.07) is 4.70. The van der Waals surface area contributed by atoms with Gasteiger partial charge < -0.3 is 9.72 Å². The molecule has 112 valence electrons. The molecule has 0 aliphatic carbocycles. The SMILES string of the molecule is COC(=O)c1c(C)[nH]c(C)c1-c1ccc(C(F)(F)F)cc1. The molecule has 0 fully saturated rings. The van der Waals surface area contributed by atoms with Crippen molar-refractivity contribution in [2.24, 2.45) is 0 Å². The zero-order chi connectivity index (χ0) is 15.8. The number of carbonyl (C=O) groups excluding carboxylic acids is 1. The van der Waals surface area contributed by atoms with Crippen LogP contribution in [0.2, 0.25) is 0 Å². The molecule has 0 unspecified atom stereocenters. The Morgan fingerprint density at radius 1 is 1.10 bits per heavy atom. The Kier molecular flexibility index (Phi) is 3.80. The highest BCUT2D eigenvalue weighted by Crippen LogP contribution is 2.34. The van der Waals surface area contributed by atoms with Gasteiger partial charge in [-0.1, -0.05) is 12.1 Å². The zero-order valence-corrected chi connectivity index (χ0v) is 11.8. The number of methoxy groups -OCH3 is 1. The van der Waals surface area contributed by atoms with Crippen molar-refractivity contribution in [1.82, 2.24) is 4.98 Å². The number of benzene rings is 1. The molecule has 0 bridgehead atoms. The van der Waals surface area contributed by atoms with Crippen LogP contribution in [-0.2, 0) is 10.9 Å². The summed E-state index contributed by atoms with van der Waals surface area (Å²) in [5.41, 5.74) is 2.03. The molecule has 0 aliphatic heterocycles. The summed E-state index contributed by atoms with van der Waals surface area (Å²) in [5.74, 6) is -0.522. The van der Waals surface area contributed by atoms with Crippen LogP contribution in [0.25, 0.3) is 11.1 Å². The minimum absolute atomic E-state index is 0.342. The van der Waals surface area contributed by atoms with E-state index in [4.69, 9.17) is 4.74 Å². The third-order valence-corrected chi connectivity index (χ3v) is 3.27. The predicted molar refractivity (Wildman–Crippen MR) is 72.0 cm³/mol. The van der Waals surface area contributed by atoms with Crippen LogP contribution < -0.4 is 0 Å². The monoisotopic (exact) mass is 297 g/mol. The van der Waals surface area contributed by atoms with Gasteiger partial charge in [0.05, 0.1) is 18.2 Å². The van der Waals surface area contributed by atoms with Crippen LogP contribution in [0, 0.1) is 13.8 Å². The van der Waals surface area contributed by atoms with Crippen LogP contribution in [-0.4, -0.2) is 18.1 Å². The number of hydrogen-bond acceptors (Lipinski definition) is 2. The Morgan fingerprint density at radius 3 is 2.14 bits per heavy atom. The second-order valence-electron chi connectivity index (χ2n) is 4.69. The molecule has 1 aromatic carbocycles. The van der Waals surface area contributed by atoms with Crippen LogP contribution in [0.5, 0.6) is 0 Å². The number of carbonyl (C=O) groups is 1. The number of halogens is 3. The number of aromatic amines is 1. The lowest BCUT2D eigenvalue weighted by Gasteiger charge is -2.09. The fraction of sp³-hybridized carbons (Fsp3) is 0.267. The van der Waals surface area contributed by atoms with E-state index in [0.717, 1.165) is 12.1 Å². The summed E-state index contributed by atoms with van der Waals surface area (Å²) < 4.78 is 42.5. The number of nitrogens with one attached hydrogen (secondary N) is 1. The van der Waals surface area contributed by atoms with Crippen molar-refractivity contribution in [2.75, 3.05) is 7.11 Å². The highest BCUT2D eigenvalue weighted by Gasteiger charge is 2.30. The number of esters is 1. The van der Waals surface area contributed by atoms with E-state index in [-0.39, 0.29) is 0 Å². The van der Waals surface area contributed by atoms with Crippen molar-refractivity contribution in [3.05, 3.63) is 46.8 Å². The van der Waals surface area contributed by atoms with Crippen molar-refractivity contribution in [3.8, 4) is 11.1 Å². The molecule has 1 aromatic heterocycles. The number of ether oxygens (including phenoxy) is 1. The Hall–Kier alpha value is -2.24. The predicted octanol–water partition coefficient (Wildman–Crippen LogP) is 4.10. The first kappa shape index (κ1) is 15.2. The van der Waals surface area contributed by atoms with Gasteiger partial charge in [-0.05, 0) is 31.5 Å². The number of alkyl halides is 3. The second kappa shape index (κ2) is 5.27. The first-order valence-corrected chi connectivity index (χ1v) is 6.20. The molecule has 0 saturated carbocycles. The molecule has 1 N–H and O–H groups in total. The molecule has 0 atom stereocenters. The highest BCUT2D eigenvalue weighted by atomic mass is 19.4. The smallest absolute Gasteiger partial charge is 0.416 e. The molecular weight excluding hydrogens is 283 g/mol. The van der Waals surface area contributed by atoms with E-state index in [2.05, 4.69) is 4.98 Å². The third-order valence-electron chi connectivity index (χ3n) is 3.27. The molecule has 6 heteroatoms.